The summed E-state index contributed by atoms with van der Waals surface area (Å²) in [7, 11) is -3.68. The van der Waals surface area contributed by atoms with Gasteiger partial charge >= 0.3 is 0 Å². The molecule has 0 spiro atoms. The molecule has 33 heavy (non-hydrogen) atoms. The third-order valence-corrected chi connectivity index (χ3v) is 8.25. The van der Waals surface area contributed by atoms with Crippen LogP contribution in [0.5, 0.6) is 0 Å². The summed E-state index contributed by atoms with van der Waals surface area (Å²) >= 11 is 0. The summed E-state index contributed by atoms with van der Waals surface area (Å²) in [6.07, 6.45) is 2.22. The van der Waals surface area contributed by atoms with Gasteiger partial charge in [0.05, 0.1) is 10.6 Å². The Morgan fingerprint density at radius 1 is 1.00 bits per heavy atom. The van der Waals surface area contributed by atoms with Crippen LogP contribution < -0.4 is 9.62 Å². The number of sulfonamides is 1. The Bertz CT molecular complexity index is 1280. The summed E-state index contributed by atoms with van der Waals surface area (Å²) in [4.78, 5) is 13.4. The van der Waals surface area contributed by atoms with Gasteiger partial charge in [-0.15, -0.1) is 0 Å². The molecule has 1 aliphatic heterocycles. The zero-order chi connectivity index (χ0) is 23.8. The molecular weight excluding hydrogens is 432 g/mol. The Morgan fingerprint density at radius 3 is 2.24 bits per heavy atom. The molecule has 0 radical (unpaired) electrons. The highest BCUT2D eigenvalue weighted by Crippen LogP contribution is 2.37. The number of hydrogen-bond acceptors (Lipinski definition) is 3. The monoisotopic (exact) mass is 462 g/mol. The average Bonchev–Trinajstić information content (AvgIpc) is 3.15. The molecule has 1 atom stereocenters. The highest BCUT2D eigenvalue weighted by atomic mass is 32.2. The zero-order valence-electron chi connectivity index (χ0n) is 19.6. The molecule has 3 aromatic carbocycles. The fourth-order valence-corrected chi connectivity index (χ4v) is 6.22. The fourth-order valence-electron chi connectivity index (χ4n) is 4.52. The van der Waals surface area contributed by atoms with E-state index in [1.165, 1.54) is 4.31 Å². The van der Waals surface area contributed by atoms with Gasteiger partial charge in [-0.2, -0.15) is 0 Å². The smallest absolute Gasteiger partial charge is 0.264 e. The predicted octanol–water partition coefficient (Wildman–Crippen LogP) is 5.51. The Kier molecular flexibility index (Phi) is 6.30. The van der Waals surface area contributed by atoms with E-state index in [4.69, 9.17) is 0 Å². The Labute approximate surface area is 196 Å². The molecule has 1 N–H and O–H groups in total. The van der Waals surface area contributed by atoms with Gasteiger partial charge in [0.2, 0.25) is 0 Å². The predicted molar refractivity (Wildman–Crippen MR) is 134 cm³/mol. The van der Waals surface area contributed by atoms with Crippen molar-refractivity contribution in [2.45, 2.75) is 57.9 Å². The number of fused-ring (bicyclic) bond motifs is 1. The van der Waals surface area contributed by atoms with Gasteiger partial charge in [0.1, 0.15) is 0 Å². The van der Waals surface area contributed by atoms with Crippen molar-refractivity contribution < 1.29 is 13.2 Å². The number of nitrogens with zero attached hydrogens (tertiary/aromatic N) is 1. The van der Waals surface area contributed by atoms with Gasteiger partial charge in [0, 0.05) is 17.3 Å². The van der Waals surface area contributed by atoms with Crippen LogP contribution in [0.2, 0.25) is 0 Å². The number of hydrogen-bond donors (Lipinski definition) is 1. The van der Waals surface area contributed by atoms with Crippen LogP contribution in [0.3, 0.4) is 0 Å². The minimum Gasteiger partial charge on any atom is -0.321 e. The minimum atomic E-state index is -3.68. The number of nitrogens with one attached hydrogen (secondary N) is 1. The second kappa shape index (κ2) is 9.02. The largest absolute Gasteiger partial charge is 0.321 e. The van der Waals surface area contributed by atoms with Crippen molar-refractivity contribution in [1.29, 1.82) is 0 Å². The van der Waals surface area contributed by atoms with E-state index in [9.17, 15) is 13.2 Å². The van der Waals surface area contributed by atoms with Gasteiger partial charge in [0.15, 0.2) is 0 Å². The first-order chi connectivity index (χ1) is 15.8. The van der Waals surface area contributed by atoms with E-state index in [2.05, 4.69) is 19.2 Å². The molecule has 3 aromatic rings. The zero-order valence-corrected chi connectivity index (χ0v) is 20.4. The molecule has 0 saturated carbocycles. The number of amides is 1. The molecule has 1 amide bonds. The Morgan fingerprint density at radius 2 is 1.64 bits per heavy atom. The molecule has 172 valence electrons. The first-order valence-corrected chi connectivity index (χ1v) is 12.9. The van der Waals surface area contributed by atoms with E-state index in [0.29, 0.717) is 17.7 Å². The molecule has 0 aromatic heterocycles. The first-order valence-electron chi connectivity index (χ1n) is 11.4. The second-order valence-electron chi connectivity index (χ2n) is 8.62. The van der Waals surface area contributed by atoms with Crippen molar-refractivity contribution in [1.82, 2.24) is 0 Å². The van der Waals surface area contributed by atoms with Crippen molar-refractivity contribution in [2.24, 2.45) is 0 Å². The SMILES string of the molecule is CCc1cccc(CC)c1NC(=O)c1ccc2c(c1)C[C@H](C)N2S(=O)(=O)c1ccc(C)cc1. The quantitative estimate of drug-likeness (QED) is 0.525. The second-order valence-corrected chi connectivity index (χ2v) is 10.4. The van der Waals surface area contributed by atoms with Crippen molar-refractivity contribution in [3.63, 3.8) is 0 Å². The van der Waals surface area contributed by atoms with Crippen LogP contribution in [0.1, 0.15) is 53.4 Å². The molecule has 0 bridgehead atoms. The number of anilines is 2. The summed E-state index contributed by atoms with van der Waals surface area (Å²) < 4.78 is 28.2. The molecule has 0 saturated heterocycles. The van der Waals surface area contributed by atoms with Crippen LogP contribution in [0, 0.1) is 6.92 Å². The topological polar surface area (TPSA) is 66.5 Å². The van der Waals surface area contributed by atoms with E-state index in [-0.39, 0.29) is 16.8 Å². The van der Waals surface area contributed by atoms with Crippen molar-refractivity contribution in [3.8, 4) is 0 Å². The van der Waals surface area contributed by atoms with Gasteiger partial charge in [-0.05, 0) is 80.1 Å². The molecule has 4 rings (SSSR count). The first kappa shape index (κ1) is 23.1. The van der Waals surface area contributed by atoms with Gasteiger partial charge in [-0.25, -0.2) is 8.42 Å². The summed E-state index contributed by atoms with van der Waals surface area (Å²) in [5, 5.41) is 3.10. The van der Waals surface area contributed by atoms with Crippen LogP contribution in [-0.2, 0) is 29.3 Å². The maximum Gasteiger partial charge on any atom is 0.264 e. The number of benzene rings is 3. The van der Waals surface area contributed by atoms with Crippen LogP contribution in [-0.4, -0.2) is 20.4 Å². The lowest BCUT2D eigenvalue weighted by molar-refractivity contribution is 0.102. The van der Waals surface area contributed by atoms with E-state index < -0.39 is 10.0 Å². The molecule has 0 aliphatic carbocycles. The van der Waals surface area contributed by atoms with Crippen LogP contribution in [0.15, 0.2) is 65.6 Å². The number of carbonyl (C=O) groups is 1. The van der Waals surface area contributed by atoms with E-state index in [1.807, 2.05) is 38.1 Å². The molecule has 5 nitrogen and oxygen atoms in total. The molecule has 1 aliphatic rings. The average molecular weight is 463 g/mol. The number of para-hydroxylation sites is 1. The third kappa shape index (κ3) is 4.27. The van der Waals surface area contributed by atoms with Crippen LogP contribution >= 0.6 is 0 Å². The normalized spacial score (nSPS) is 15.4. The molecular formula is C27H30N2O3S. The standard InChI is InChI=1S/C27H30N2O3S/c1-5-20-8-7-9-21(6-2)26(20)28-27(30)22-12-15-25-23(17-22)16-19(4)29(25)33(31,32)24-13-10-18(3)11-14-24/h7-15,17,19H,5-6,16H2,1-4H3,(H,28,30)/t19-/m0/s1. The summed E-state index contributed by atoms with van der Waals surface area (Å²) in [5.74, 6) is -0.180. The van der Waals surface area contributed by atoms with Gasteiger partial charge < -0.3 is 5.32 Å². The van der Waals surface area contributed by atoms with Crippen molar-refractivity contribution in [2.75, 3.05) is 9.62 Å². The maximum absolute atomic E-state index is 13.4. The highest BCUT2D eigenvalue weighted by molar-refractivity contribution is 7.92. The molecule has 6 heteroatoms. The Hall–Kier alpha value is -3.12. The van der Waals surface area contributed by atoms with Gasteiger partial charge in [0.25, 0.3) is 15.9 Å². The van der Waals surface area contributed by atoms with Crippen molar-refractivity contribution in [3.05, 3.63) is 88.5 Å². The van der Waals surface area contributed by atoms with Gasteiger partial charge in [-0.3, -0.25) is 9.10 Å². The minimum absolute atomic E-state index is 0.180. The Balaban J connectivity index is 1.65. The highest BCUT2D eigenvalue weighted by Gasteiger charge is 2.36. The van der Waals surface area contributed by atoms with E-state index in [0.717, 1.165) is 40.8 Å². The van der Waals surface area contributed by atoms with E-state index in [1.54, 1.807) is 36.4 Å². The summed E-state index contributed by atoms with van der Waals surface area (Å²) in [6, 6.07) is 18.1. The maximum atomic E-state index is 13.4. The molecule has 0 fully saturated rings. The fraction of sp³-hybridized carbons (Fsp3) is 0.296. The number of rotatable bonds is 6. The molecule has 0 unspecified atom stereocenters. The summed E-state index contributed by atoms with van der Waals surface area (Å²) in [5.41, 5.74) is 6.14. The van der Waals surface area contributed by atoms with Crippen molar-refractivity contribution >= 4 is 27.3 Å². The van der Waals surface area contributed by atoms with Gasteiger partial charge in [-0.1, -0.05) is 49.7 Å². The summed E-state index contributed by atoms with van der Waals surface area (Å²) in [6.45, 7) is 7.98. The number of carbonyl (C=O) groups excluding carboxylic acids is 1. The number of aryl methyl sites for hydroxylation is 3. The third-order valence-electron chi connectivity index (χ3n) is 6.31. The molecule has 1 heterocycles. The lowest BCUT2D eigenvalue weighted by Crippen LogP contribution is -2.35. The van der Waals surface area contributed by atoms with Crippen LogP contribution in [0.25, 0.3) is 0 Å². The van der Waals surface area contributed by atoms with Crippen LogP contribution in [0.4, 0.5) is 11.4 Å². The lowest BCUT2D eigenvalue weighted by atomic mass is 10.0. The van der Waals surface area contributed by atoms with E-state index >= 15 is 0 Å². The lowest BCUT2D eigenvalue weighted by Gasteiger charge is -2.24.